The fraction of sp³-hybridized carbons (Fsp3) is 0.476. The second kappa shape index (κ2) is 7.94. The van der Waals surface area contributed by atoms with Crippen molar-refractivity contribution in [3.63, 3.8) is 0 Å². The molecule has 0 aliphatic heterocycles. The van der Waals surface area contributed by atoms with E-state index in [2.05, 4.69) is 26.6 Å². The summed E-state index contributed by atoms with van der Waals surface area (Å²) >= 11 is 3.38. The minimum Gasteiger partial charge on any atom is -0.465 e. The molecule has 3 amide bonds. The molecule has 1 heterocycles. The summed E-state index contributed by atoms with van der Waals surface area (Å²) in [6, 6.07) is 5.21. The lowest BCUT2D eigenvalue weighted by atomic mass is 9.63. The van der Waals surface area contributed by atoms with Gasteiger partial charge in [-0.05, 0) is 49.3 Å². The highest BCUT2D eigenvalue weighted by atomic mass is 79.9. The summed E-state index contributed by atoms with van der Waals surface area (Å²) in [7, 11) is 0. The van der Waals surface area contributed by atoms with E-state index < -0.39 is 17.5 Å². The lowest BCUT2D eigenvalue weighted by Gasteiger charge is -2.48. The Kier molecular flexibility index (Phi) is 5.86. The largest absolute Gasteiger partial charge is 0.465 e. The third kappa shape index (κ3) is 4.16. The molecule has 0 saturated heterocycles. The Morgan fingerprint density at radius 1 is 1.23 bits per heavy atom. The van der Waals surface area contributed by atoms with Crippen LogP contribution in [0.3, 0.4) is 0 Å². The first-order valence-electron chi connectivity index (χ1n) is 9.77. The van der Waals surface area contributed by atoms with E-state index in [0.29, 0.717) is 36.7 Å². The number of benzene rings is 1. The molecule has 1 aromatic carbocycles. The van der Waals surface area contributed by atoms with Gasteiger partial charge in [0.05, 0.1) is 0 Å². The number of nitrogens with one attached hydrogen (secondary N) is 2. The van der Waals surface area contributed by atoms with Gasteiger partial charge in [-0.1, -0.05) is 36.7 Å². The summed E-state index contributed by atoms with van der Waals surface area (Å²) in [5.41, 5.74) is 5.26. The molecule has 2 aromatic rings. The maximum absolute atomic E-state index is 13.0. The molecule has 5 N–H and O–H groups in total. The highest BCUT2D eigenvalue weighted by Crippen LogP contribution is 2.44. The molecule has 1 aliphatic rings. The Labute approximate surface area is 182 Å². The van der Waals surface area contributed by atoms with Gasteiger partial charge in [-0.2, -0.15) is 0 Å². The monoisotopic (exact) mass is 479 g/mol. The number of hydrogen-bond donors (Lipinski definition) is 4. The molecule has 3 rings (SSSR count). The first-order chi connectivity index (χ1) is 13.9. The fourth-order valence-electron chi connectivity index (χ4n) is 4.23. The van der Waals surface area contributed by atoms with Gasteiger partial charge < -0.3 is 25.9 Å². The van der Waals surface area contributed by atoms with Crippen LogP contribution >= 0.6 is 15.9 Å². The Bertz CT molecular complexity index is 1000. The van der Waals surface area contributed by atoms with Crippen LogP contribution in [0.15, 0.2) is 27.1 Å². The molecule has 8 nitrogen and oxygen atoms in total. The predicted octanol–water partition coefficient (Wildman–Crippen LogP) is 4.48. The van der Waals surface area contributed by atoms with Crippen molar-refractivity contribution in [2.24, 2.45) is 17.1 Å². The molecule has 0 atom stereocenters. The second-order valence-corrected chi connectivity index (χ2v) is 9.75. The Morgan fingerprint density at radius 2 is 1.87 bits per heavy atom. The van der Waals surface area contributed by atoms with Gasteiger partial charge in [-0.3, -0.25) is 9.59 Å². The van der Waals surface area contributed by atoms with E-state index in [4.69, 9.17) is 10.2 Å². The third-order valence-corrected chi connectivity index (χ3v) is 6.61. The van der Waals surface area contributed by atoms with Crippen LogP contribution < -0.4 is 16.4 Å². The van der Waals surface area contributed by atoms with Crippen LogP contribution in [0.2, 0.25) is 0 Å². The summed E-state index contributed by atoms with van der Waals surface area (Å²) in [5.74, 6) is -1.41. The van der Waals surface area contributed by atoms with E-state index in [-0.39, 0.29) is 28.7 Å². The van der Waals surface area contributed by atoms with Crippen molar-refractivity contribution < 1.29 is 23.9 Å². The zero-order valence-corrected chi connectivity index (χ0v) is 18.8. The van der Waals surface area contributed by atoms with Crippen molar-refractivity contribution in [1.82, 2.24) is 5.32 Å². The van der Waals surface area contributed by atoms with E-state index in [1.807, 2.05) is 20.8 Å². The van der Waals surface area contributed by atoms with Gasteiger partial charge >= 0.3 is 6.09 Å². The van der Waals surface area contributed by atoms with Gasteiger partial charge in [0.2, 0.25) is 11.7 Å². The van der Waals surface area contributed by atoms with Crippen LogP contribution in [0.5, 0.6) is 0 Å². The maximum atomic E-state index is 13.0. The molecule has 1 fully saturated rings. The SMILES string of the molecule is CC(C)(C)C1(NC(=O)O)CCC(C(=O)Nc2c(C(N)=O)oc3ccc(Br)cc23)CC1. The minimum absolute atomic E-state index is 0.0937. The molecule has 1 aromatic heterocycles. The van der Waals surface area contributed by atoms with Gasteiger partial charge in [0.25, 0.3) is 5.91 Å². The number of carboxylic acid groups (broad SMARTS) is 1. The molecule has 9 heteroatoms. The quantitative estimate of drug-likeness (QED) is 0.512. The molecule has 0 radical (unpaired) electrons. The van der Waals surface area contributed by atoms with Crippen LogP contribution in [0.25, 0.3) is 11.0 Å². The molecule has 162 valence electrons. The topological polar surface area (TPSA) is 135 Å². The Morgan fingerprint density at radius 3 is 2.40 bits per heavy atom. The Balaban J connectivity index is 1.81. The normalized spacial score (nSPS) is 21.9. The number of anilines is 1. The summed E-state index contributed by atoms with van der Waals surface area (Å²) in [6.45, 7) is 5.99. The summed E-state index contributed by atoms with van der Waals surface area (Å²) in [4.78, 5) is 36.2. The van der Waals surface area contributed by atoms with Crippen molar-refractivity contribution >= 4 is 50.5 Å². The number of rotatable bonds is 4. The zero-order chi connectivity index (χ0) is 22.3. The number of furan rings is 1. The number of amides is 3. The predicted molar refractivity (Wildman–Crippen MR) is 116 cm³/mol. The minimum atomic E-state index is -1.06. The fourth-order valence-corrected chi connectivity index (χ4v) is 4.59. The van der Waals surface area contributed by atoms with Crippen molar-refractivity contribution in [2.45, 2.75) is 52.0 Å². The van der Waals surface area contributed by atoms with Crippen LogP contribution in [0.4, 0.5) is 10.5 Å². The van der Waals surface area contributed by atoms with Crippen LogP contribution in [0.1, 0.15) is 57.0 Å². The van der Waals surface area contributed by atoms with Crippen molar-refractivity contribution in [3.8, 4) is 0 Å². The lowest BCUT2D eigenvalue weighted by molar-refractivity contribution is -0.121. The Hall–Kier alpha value is -2.55. The van der Waals surface area contributed by atoms with Crippen molar-refractivity contribution in [2.75, 3.05) is 5.32 Å². The molecule has 0 bridgehead atoms. The molecule has 0 unspecified atom stereocenters. The number of carbonyl (C=O) groups excluding carboxylic acids is 2. The van der Waals surface area contributed by atoms with E-state index >= 15 is 0 Å². The van der Waals surface area contributed by atoms with Crippen LogP contribution in [0, 0.1) is 11.3 Å². The van der Waals surface area contributed by atoms with Crippen LogP contribution in [-0.4, -0.2) is 28.6 Å². The zero-order valence-electron chi connectivity index (χ0n) is 17.2. The summed E-state index contributed by atoms with van der Waals surface area (Å²) in [6.07, 6.45) is 1.07. The average Bonchev–Trinajstić information content (AvgIpc) is 2.99. The van der Waals surface area contributed by atoms with E-state index in [1.165, 1.54) is 0 Å². The summed E-state index contributed by atoms with van der Waals surface area (Å²) < 4.78 is 6.31. The van der Waals surface area contributed by atoms with E-state index in [9.17, 15) is 19.5 Å². The number of primary amides is 1. The molecular formula is C21H26BrN3O5. The van der Waals surface area contributed by atoms with Crippen molar-refractivity contribution in [1.29, 1.82) is 0 Å². The van der Waals surface area contributed by atoms with Gasteiger partial charge in [0.15, 0.2) is 0 Å². The first-order valence-corrected chi connectivity index (χ1v) is 10.6. The third-order valence-electron chi connectivity index (χ3n) is 6.11. The highest BCUT2D eigenvalue weighted by Gasteiger charge is 2.46. The highest BCUT2D eigenvalue weighted by molar-refractivity contribution is 9.10. The second-order valence-electron chi connectivity index (χ2n) is 8.84. The van der Waals surface area contributed by atoms with Gasteiger partial charge in [-0.25, -0.2) is 4.79 Å². The number of carbonyl (C=O) groups is 3. The molecule has 1 aliphatic carbocycles. The van der Waals surface area contributed by atoms with Gasteiger partial charge in [0, 0.05) is 21.3 Å². The number of nitrogens with two attached hydrogens (primary N) is 1. The van der Waals surface area contributed by atoms with Crippen LogP contribution in [-0.2, 0) is 4.79 Å². The average molecular weight is 480 g/mol. The van der Waals surface area contributed by atoms with Gasteiger partial charge in [0.1, 0.15) is 11.3 Å². The van der Waals surface area contributed by atoms with Crippen molar-refractivity contribution in [3.05, 3.63) is 28.4 Å². The molecule has 0 spiro atoms. The molecule has 1 saturated carbocycles. The standard InChI is InChI=1S/C21H26BrN3O5/c1-20(2,3)21(25-19(28)29)8-6-11(7-9-21)18(27)24-15-13-10-12(22)4-5-14(13)30-16(15)17(23)26/h4-5,10-11,25H,6-9H2,1-3H3,(H2,23,26)(H,24,27)(H,28,29). The number of halogens is 1. The maximum Gasteiger partial charge on any atom is 0.405 e. The molecule has 30 heavy (non-hydrogen) atoms. The van der Waals surface area contributed by atoms with E-state index in [1.54, 1.807) is 18.2 Å². The van der Waals surface area contributed by atoms with Gasteiger partial charge in [-0.15, -0.1) is 0 Å². The number of hydrogen-bond acceptors (Lipinski definition) is 4. The van der Waals surface area contributed by atoms with E-state index in [0.717, 1.165) is 4.47 Å². The first kappa shape index (κ1) is 22.1. The lowest BCUT2D eigenvalue weighted by Crippen LogP contribution is -2.59. The smallest absolute Gasteiger partial charge is 0.405 e. The molecular weight excluding hydrogens is 454 g/mol. The number of fused-ring (bicyclic) bond motifs is 1. The summed E-state index contributed by atoms with van der Waals surface area (Å²) in [5, 5.41) is 15.4.